The third kappa shape index (κ3) is 2.05. The van der Waals surface area contributed by atoms with Gasteiger partial charge < -0.3 is 5.32 Å². The molecular weight excluding hydrogens is 270 g/mol. The summed E-state index contributed by atoms with van der Waals surface area (Å²) in [6.07, 6.45) is 2.42. The molecule has 3 saturated carbocycles. The molecule has 3 aliphatic carbocycles. The Bertz CT molecular complexity index is 540. The van der Waals surface area contributed by atoms with Gasteiger partial charge in [-0.3, -0.25) is 4.79 Å². The number of hydrogen-bond donors (Lipinski definition) is 1. The van der Waals surface area contributed by atoms with Gasteiger partial charge >= 0.3 is 0 Å². The van der Waals surface area contributed by atoms with E-state index in [4.69, 9.17) is 11.6 Å². The number of nitrogens with one attached hydrogen (secondary N) is 1. The zero-order valence-electron chi connectivity index (χ0n) is 12.3. The molecule has 4 rings (SSSR count). The average molecular weight is 292 g/mol. The number of fused-ring (bicyclic) bond motifs is 2. The Morgan fingerprint density at radius 3 is 2.60 bits per heavy atom. The number of benzene rings is 1. The first-order valence-corrected chi connectivity index (χ1v) is 7.84. The quantitative estimate of drug-likeness (QED) is 0.872. The van der Waals surface area contributed by atoms with Gasteiger partial charge in [-0.25, -0.2) is 0 Å². The average Bonchev–Trinajstić information content (AvgIpc) is 2.40. The zero-order valence-corrected chi connectivity index (χ0v) is 13.1. The molecule has 1 aromatic carbocycles. The monoisotopic (exact) mass is 291 g/mol. The van der Waals surface area contributed by atoms with Gasteiger partial charge in [0.05, 0.1) is 10.6 Å². The maximum absolute atomic E-state index is 12.4. The SMILES string of the molecule is CC1C(NC(=O)c2ccccc2Cl)C[C@@H]2C[C@H]1C2(C)C. The van der Waals surface area contributed by atoms with E-state index in [1.165, 1.54) is 6.42 Å². The summed E-state index contributed by atoms with van der Waals surface area (Å²) in [6.45, 7) is 7.02. The van der Waals surface area contributed by atoms with Crippen LogP contribution in [0.3, 0.4) is 0 Å². The molecule has 2 unspecified atom stereocenters. The normalized spacial score (nSPS) is 34.2. The Morgan fingerprint density at radius 2 is 2.00 bits per heavy atom. The van der Waals surface area contributed by atoms with E-state index in [1.54, 1.807) is 12.1 Å². The van der Waals surface area contributed by atoms with Crippen LogP contribution in [0.25, 0.3) is 0 Å². The second-order valence-electron chi connectivity index (χ2n) is 7.02. The van der Waals surface area contributed by atoms with E-state index in [-0.39, 0.29) is 11.9 Å². The largest absolute Gasteiger partial charge is 0.349 e. The first kappa shape index (κ1) is 13.9. The summed E-state index contributed by atoms with van der Waals surface area (Å²) >= 11 is 6.10. The van der Waals surface area contributed by atoms with Crippen LogP contribution < -0.4 is 5.32 Å². The van der Waals surface area contributed by atoms with E-state index in [0.717, 1.165) is 18.3 Å². The highest BCUT2D eigenvalue weighted by Crippen LogP contribution is 2.61. The summed E-state index contributed by atoms with van der Waals surface area (Å²) in [5.74, 6) is 1.99. The lowest BCUT2D eigenvalue weighted by Gasteiger charge is -2.62. The number of carbonyl (C=O) groups is 1. The molecule has 3 fully saturated rings. The molecule has 4 atom stereocenters. The molecule has 0 radical (unpaired) electrons. The van der Waals surface area contributed by atoms with Crippen molar-refractivity contribution in [2.75, 3.05) is 0 Å². The highest BCUT2D eigenvalue weighted by atomic mass is 35.5. The first-order chi connectivity index (χ1) is 9.41. The lowest BCUT2D eigenvalue weighted by molar-refractivity contribution is -0.113. The Balaban J connectivity index is 1.71. The van der Waals surface area contributed by atoms with Gasteiger partial charge in [0.2, 0.25) is 0 Å². The van der Waals surface area contributed by atoms with Gasteiger partial charge in [-0.15, -0.1) is 0 Å². The molecule has 2 nitrogen and oxygen atoms in total. The van der Waals surface area contributed by atoms with Gasteiger partial charge in [0.25, 0.3) is 5.91 Å². The smallest absolute Gasteiger partial charge is 0.253 e. The summed E-state index contributed by atoms with van der Waals surface area (Å²) in [4.78, 5) is 12.4. The van der Waals surface area contributed by atoms with Crippen molar-refractivity contribution in [2.24, 2.45) is 23.2 Å². The van der Waals surface area contributed by atoms with E-state index >= 15 is 0 Å². The minimum atomic E-state index is -0.0356. The van der Waals surface area contributed by atoms with Crippen LogP contribution in [0, 0.1) is 23.2 Å². The molecule has 0 saturated heterocycles. The fourth-order valence-electron chi connectivity index (χ4n) is 4.23. The fraction of sp³-hybridized carbons (Fsp3) is 0.588. The van der Waals surface area contributed by atoms with Crippen molar-refractivity contribution in [3.63, 3.8) is 0 Å². The summed E-state index contributed by atoms with van der Waals surface area (Å²) in [7, 11) is 0. The lowest BCUT2D eigenvalue weighted by atomic mass is 9.45. The zero-order chi connectivity index (χ0) is 14.5. The number of rotatable bonds is 2. The second kappa shape index (κ2) is 4.77. The van der Waals surface area contributed by atoms with Crippen molar-refractivity contribution in [1.29, 1.82) is 0 Å². The second-order valence-corrected chi connectivity index (χ2v) is 7.42. The maximum atomic E-state index is 12.4. The minimum absolute atomic E-state index is 0.0356. The minimum Gasteiger partial charge on any atom is -0.349 e. The van der Waals surface area contributed by atoms with Crippen LogP contribution in [-0.4, -0.2) is 11.9 Å². The highest BCUT2D eigenvalue weighted by Gasteiger charge is 2.56. The fourth-order valence-corrected chi connectivity index (χ4v) is 4.45. The van der Waals surface area contributed by atoms with Crippen molar-refractivity contribution < 1.29 is 4.79 Å². The van der Waals surface area contributed by atoms with Gasteiger partial charge in [-0.2, -0.15) is 0 Å². The Kier molecular flexibility index (Phi) is 3.32. The van der Waals surface area contributed by atoms with Gasteiger partial charge in [0, 0.05) is 6.04 Å². The molecule has 1 N–H and O–H groups in total. The third-order valence-corrected chi connectivity index (χ3v) is 6.12. The number of amides is 1. The van der Waals surface area contributed by atoms with Crippen LogP contribution >= 0.6 is 11.6 Å². The molecule has 2 bridgehead atoms. The first-order valence-electron chi connectivity index (χ1n) is 7.46. The summed E-state index contributed by atoms with van der Waals surface area (Å²) in [6, 6.07) is 7.54. The Hall–Kier alpha value is -1.02. The van der Waals surface area contributed by atoms with E-state index in [9.17, 15) is 4.79 Å². The van der Waals surface area contributed by atoms with E-state index in [0.29, 0.717) is 21.9 Å². The number of hydrogen-bond acceptors (Lipinski definition) is 1. The van der Waals surface area contributed by atoms with Gasteiger partial charge in [-0.1, -0.05) is 44.5 Å². The molecular formula is C17H22ClNO. The summed E-state index contributed by atoms with van der Waals surface area (Å²) in [5.41, 5.74) is 1.03. The standard InChI is InChI=1S/C17H22ClNO/c1-10-13-8-11(17(13,2)3)9-15(10)19-16(20)12-6-4-5-7-14(12)18/h4-7,10-11,13,15H,8-9H2,1-3H3,(H,19,20)/t10?,11-,13+,15?/m0/s1. The molecule has 0 spiro atoms. The van der Waals surface area contributed by atoms with Crippen LogP contribution in [0.2, 0.25) is 5.02 Å². The molecule has 0 aromatic heterocycles. The van der Waals surface area contributed by atoms with Crippen LogP contribution in [0.1, 0.15) is 44.0 Å². The topological polar surface area (TPSA) is 29.1 Å². The van der Waals surface area contributed by atoms with Crippen molar-refractivity contribution in [2.45, 2.75) is 39.7 Å². The molecule has 1 amide bonds. The van der Waals surface area contributed by atoms with Crippen LogP contribution in [-0.2, 0) is 0 Å². The third-order valence-electron chi connectivity index (χ3n) is 5.79. The van der Waals surface area contributed by atoms with E-state index < -0.39 is 0 Å². The number of halogens is 1. The van der Waals surface area contributed by atoms with E-state index in [2.05, 4.69) is 26.1 Å². The molecule has 108 valence electrons. The molecule has 3 aliphatic rings. The van der Waals surface area contributed by atoms with Crippen molar-refractivity contribution in [3.05, 3.63) is 34.9 Å². The molecule has 0 heterocycles. The van der Waals surface area contributed by atoms with Crippen molar-refractivity contribution in [1.82, 2.24) is 5.32 Å². The molecule has 20 heavy (non-hydrogen) atoms. The predicted octanol–water partition coefficient (Wildman–Crippen LogP) is 4.14. The van der Waals surface area contributed by atoms with Crippen LogP contribution in [0.5, 0.6) is 0 Å². The highest BCUT2D eigenvalue weighted by molar-refractivity contribution is 6.33. The predicted molar refractivity (Wildman–Crippen MR) is 81.9 cm³/mol. The Labute approximate surface area is 125 Å². The maximum Gasteiger partial charge on any atom is 0.253 e. The molecule has 1 aromatic rings. The van der Waals surface area contributed by atoms with Crippen molar-refractivity contribution in [3.8, 4) is 0 Å². The molecule has 0 aliphatic heterocycles. The lowest BCUT2D eigenvalue weighted by Crippen LogP contribution is -2.60. The summed E-state index contributed by atoms with van der Waals surface area (Å²) in [5, 5.41) is 3.73. The number of carbonyl (C=O) groups excluding carboxylic acids is 1. The van der Waals surface area contributed by atoms with Gasteiger partial charge in [-0.05, 0) is 48.1 Å². The van der Waals surface area contributed by atoms with Crippen molar-refractivity contribution >= 4 is 17.5 Å². The van der Waals surface area contributed by atoms with E-state index in [1.807, 2.05) is 12.1 Å². The molecule has 3 heteroatoms. The van der Waals surface area contributed by atoms with Gasteiger partial charge in [0.15, 0.2) is 0 Å². The summed E-state index contributed by atoms with van der Waals surface area (Å²) < 4.78 is 0. The van der Waals surface area contributed by atoms with Crippen LogP contribution in [0.4, 0.5) is 0 Å². The Morgan fingerprint density at radius 1 is 1.30 bits per heavy atom. The van der Waals surface area contributed by atoms with Gasteiger partial charge in [0.1, 0.15) is 0 Å². The van der Waals surface area contributed by atoms with Crippen LogP contribution in [0.15, 0.2) is 24.3 Å².